The molecule has 4 atom stereocenters. The van der Waals surface area contributed by atoms with Crippen molar-refractivity contribution in [3.8, 4) is 11.3 Å². The molecule has 2 bridgehead atoms. The number of halogens is 2. The summed E-state index contributed by atoms with van der Waals surface area (Å²) in [7, 11) is 0. The van der Waals surface area contributed by atoms with E-state index in [1.54, 1.807) is 12.1 Å². The van der Waals surface area contributed by atoms with Gasteiger partial charge in [0.05, 0.1) is 10.7 Å². The molecule has 6 rings (SSSR count). The Bertz CT molecular complexity index is 1100. The second-order valence-corrected chi connectivity index (χ2v) is 10.8. The number of benzene rings is 1. The van der Waals surface area contributed by atoms with E-state index < -0.39 is 0 Å². The molecule has 4 unspecified atom stereocenters. The number of rotatable bonds is 5. The van der Waals surface area contributed by atoms with Gasteiger partial charge >= 0.3 is 0 Å². The number of anilines is 1. The minimum Gasteiger partial charge on any atom is -0.309 e. The Labute approximate surface area is 198 Å². The van der Waals surface area contributed by atoms with Gasteiger partial charge in [0.25, 0.3) is 0 Å². The average Bonchev–Trinajstić information content (AvgIpc) is 3.13. The zero-order valence-electron chi connectivity index (χ0n) is 18.5. The summed E-state index contributed by atoms with van der Waals surface area (Å²) in [5.74, 6) is 2.59. The second-order valence-electron chi connectivity index (χ2n) is 10.4. The first kappa shape index (κ1) is 21.2. The Morgan fingerprint density at radius 3 is 2.70 bits per heavy atom. The summed E-state index contributed by atoms with van der Waals surface area (Å²) < 4.78 is 13.5. The zero-order valence-corrected chi connectivity index (χ0v) is 19.3. The van der Waals surface area contributed by atoms with Crippen LogP contribution in [0.4, 0.5) is 10.2 Å². The predicted octanol–water partition coefficient (Wildman–Crippen LogP) is 5.19. The number of carbonyl (C=O) groups excluding carboxylic acids is 1. The van der Waals surface area contributed by atoms with Crippen molar-refractivity contribution in [1.82, 2.24) is 15.1 Å². The summed E-state index contributed by atoms with van der Waals surface area (Å²) in [6.07, 6.45) is 10.7. The fourth-order valence-corrected chi connectivity index (χ4v) is 6.55. The molecule has 0 radical (unpaired) electrons. The summed E-state index contributed by atoms with van der Waals surface area (Å²) in [5, 5.41) is 11.6. The molecule has 3 aliphatic carbocycles. The third-order valence-electron chi connectivity index (χ3n) is 8.39. The maximum Gasteiger partial charge on any atom is 0.229 e. The van der Waals surface area contributed by atoms with Gasteiger partial charge in [-0.15, -0.1) is 10.2 Å². The van der Waals surface area contributed by atoms with Crippen molar-refractivity contribution < 1.29 is 9.18 Å². The van der Waals surface area contributed by atoms with E-state index in [-0.39, 0.29) is 23.1 Å². The Morgan fingerprint density at radius 2 is 2.00 bits per heavy atom. The van der Waals surface area contributed by atoms with Crippen LogP contribution in [-0.2, 0) is 4.79 Å². The van der Waals surface area contributed by atoms with Gasteiger partial charge < -0.3 is 10.2 Å². The normalized spacial score (nSPS) is 29.5. The first-order chi connectivity index (χ1) is 16.0. The molecular weight excluding hydrogens is 439 g/mol. The summed E-state index contributed by atoms with van der Waals surface area (Å²) in [4.78, 5) is 15.5. The number of amides is 1. The van der Waals surface area contributed by atoms with Crippen molar-refractivity contribution in [1.29, 1.82) is 0 Å². The van der Waals surface area contributed by atoms with E-state index in [0.717, 1.165) is 50.1 Å². The fourth-order valence-electron chi connectivity index (χ4n) is 6.34. The molecule has 1 aromatic carbocycles. The fraction of sp³-hybridized carbons (Fsp3) is 0.500. The Morgan fingerprint density at radius 1 is 1.15 bits per heavy atom. The molecule has 3 fully saturated rings. The standard InChI is InChI=1S/C26H28ClFN4O/c27-22-4-3-19(28)13-20(22)23-5-6-24(31-30-23)29-25(33)21-14-26(21)7-9-32(10-8-26)15-18-12-16-1-2-17(18)11-16/h1-6,13,16-18,21H,7-12,14-15H2,(H,29,31,33). The van der Waals surface area contributed by atoms with Gasteiger partial charge in [-0.3, -0.25) is 4.79 Å². The third-order valence-corrected chi connectivity index (χ3v) is 8.72. The Balaban J connectivity index is 1.02. The highest BCUT2D eigenvalue weighted by Crippen LogP contribution is 2.60. The molecule has 1 spiro atoms. The highest BCUT2D eigenvalue weighted by molar-refractivity contribution is 6.33. The van der Waals surface area contributed by atoms with Crippen molar-refractivity contribution >= 4 is 23.3 Å². The van der Waals surface area contributed by atoms with Crippen molar-refractivity contribution in [3.63, 3.8) is 0 Å². The highest BCUT2D eigenvalue weighted by Gasteiger charge is 2.58. The van der Waals surface area contributed by atoms with Crippen LogP contribution >= 0.6 is 11.6 Å². The topological polar surface area (TPSA) is 58.1 Å². The molecule has 4 aliphatic rings. The number of nitrogens with zero attached hydrogens (tertiary/aromatic N) is 3. The van der Waals surface area contributed by atoms with E-state index in [2.05, 4.69) is 32.6 Å². The van der Waals surface area contributed by atoms with Crippen LogP contribution in [0.5, 0.6) is 0 Å². The van der Waals surface area contributed by atoms with Gasteiger partial charge in [0.15, 0.2) is 5.82 Å². The van der Waals surface area contributed by atoms with Crippen LogP contribution < -0.4 is 5.32 Å². The van der Waals surface area contributed by atoms with Crippen LogP contribution in [0.3, 0.4) is 0 Å². The SMILES string of the molecule is O=C(Nc1ccc(-c2cc(F)ccc2Cl)nn1)C1CC12CCN(CC1CC3C=CC1C3)CC2. The van der Waals surface area contributed by atoms with Crippen molar-refractivity contribution in [2.24, 2.45) is 29.1 Å². The van der Waals surface area contributed by atoms with Gasteiger partial charge in [-0.25, -0.2) is 4.39 Å². The number of hydrogen-bond acceptors (Lipinski definition) is 4. The summed E-state index contributed by atoms with van der Waals surface area (Å²) in [5.41, 5.74) is 1.12. The Hall–Kier alpha value is -2.31. The minimum atomic E-state index is -0.383. The van der Waals surface area contributed by atoms with Crippen molar-refractivity contribution in [3.05, 3.63) is 53.3 Å². The van der Waals surface area contributed by atoms with Gasteiger partial charge in [-0.2, -0.15) is 0 Å². The van der Waals surface area contributed by atoms with Crippen LogP contribution in [0.25, 0.3) is 11.3 Å². The molecule has 1 amide bonds. The van der Waals surface area contributed by atoms with E-state index in [4.69, 9.17) is 11.6 Å². The lowest BCUT2D eigenvalue weighted by Crippen LogP contribution is -2.39. The molecule has 1 N–H and O–H groups in total. The monoisotopic (exact) mass is 466 g/mol. The predicted molar refractivity (Wildman–Crippen MR) is 126 cm³/mol. The lowest BCUT2D eigenvalue weighted by Gasteiger charge is -2.35. The first-order valence-electron chi connectivity index (χ1n) is 12.0. The molecule has 5 nitrogen and oxygen atoms in total. The van der Waals surface area contributed by atoms with Crippen LogP contribution in [-0.4, -0.2) is 40.6 Å². The lowest BCUT2D eigenvalue weighted by molar-refractivity contribution is -0.118. The van der Waals surface area contributed by atoms with E-state index in [0.29, 0.717) is 22.1 Å². The Kier molecular flexibility index (Phi) is 5.26. The number of allylic oxidation sites excluding steroid dienone is 2. The smallest absolute Gasteiger partial charge is 0.229 e. The van der Waals surface area contributed by atoms with E-state index in [1.807, 2.05) is 0 Å². The maximum atomic E-state index is 13.5. The highest BCUT2D eigenvalue weighted by atomic mass is 35.5. The number of nitrogens with one attached hydrogen (secondary N) is 1. The van der Waals surface area contributed by atoms with Gasteiger partial charge in [0.2, 0.25) is 5.91 Å². The molecule has 2 saturated carbocycles. The quantitative estimate of drug-likeness (QED) is 0.616. The molecule has 1 aromatic heterocycles. The summed E-state index contributed by atoms with van der Waals surface area (Å²) in [6.45, 7) is 3.42. The van der Waals surface area contributed by atoms with Crippen LogP contribution in [0.2, 0.25) is 5.02 Å². The van der Waals surface area contributed by atoms with Gasteiger partial charge in [0.1, 0.15) is 5.82 Å². The van der Waals surface area contributed by atoms with Gasteiger partial charge in [-0.1, -0.05) is 23.8 Å². The maximum absolute atomic E-state index is 13.5. The molecule has 2 heterocycles. The van der Waals surface area contributed by atoms with Crippen LogP contribution in [0.15, 0.2) is 42.5 Å². The molecule has 33 heavy (non-hydrogen) atoms. The number of aromatic nitrogens is 2. The van der Waals surface area contributed by atoms with Crippen LogP contribution in [0, 0.1) is 34.9 Å². The van der Waals surface area contributed by atoms with Crippen molar-refractivity contribution in [2.75, 3.05) is 25.0 Å². The third kappa shape index (κ3) is 4.08. The minimum absolute atomic E-state index is 0.0347. The average molecular weight is 467 g/mol. The molecular formula is C26H28ClFN4O. The second kappa shape index (κ2) is 8.17. The van der Waals surface area contributed by atoms with Gasteiger partial charge in [-0.05, 0) is 98.7 Å². The summed E-state index contributed by atoms with van der Waals surface area (Å²) >= 11 is 6.15. The van der Waals surface area contributed by atoms with E-state index in [1.165, 1.54) is 37.6 Å². The number of fused-ring (bicyclic) bond motifs is 2. The van der Waals surface area contributed by atoms with Gasteiger partial charge in [0, 0.05) is 18.0 Å². The van der Waals surface area contributed by atoms with E-state index in [9.17, 15) is 9.18 Å². The zero-order chi connectivity index (χ0) is 22.6. The molecule has 2 aromatic rings. The number of hydrogen-bond donors (Lipinski definition) is 1. The van der Waals surface area contributed by atoms with Crippen LogP contribution in [0.1, 0.15) is 32.1 Å². The molecule has 1 saturated heterocycles. The number of likely N-dealkylation sites (tertiary alicyclic amines) is 1. The first-order valence-corrected chi connectivity index (χ1v) is 12.4. The molecule has 172 valence electrons. The summed E-state index contributed by atoms with van der Waals surface area (Å²) in [6, 6.07) is 7.53. The number of carbonyl (C=O) groups is 1. The molecule has 1 aliphatic heterocycles. The lowest BCUT2D eigenvalue weighted by atomic mass is 9.88. The van der Waals surface area contributed by atoms with E-state index >= 15 is 0 Å². The number of piperidine rings is 1. The van der Waals surface area contributed by atoms with Crippen molar-refractivity contribution in [2.45, 2.75) is 32.1 Å². The molecule has 7 heteroatoms. The largest absolute Gasteiger partial charge is 0.309 e.